The van der Waals surface area contributed by atoms with Crippen molar-refractivity contribution < 1.29 is 4.79 Å². The topological polar surface area (TPSA) is 84.0 Å². The molecule has 0 aliphatic rings. The molecule has 1 heterocycles. The number of amides is 1. The normalized spacial score (nSPS) is 10.8. The Labute approximate surface area is 156 Å². The van der Waals surface area contributed by atoms with Gasteiger partial charge in [0.05, 0.1) is 5.69 Å². The number of aryl methyl sites for hydroxylation is 1. The molecule has 0 radical (unpaired) electrons. The quantitative estimate of drug-likeness (QED) is 0.746. The van der Waals surface area contributed by atoms with Gasteiger partial charge in [0, 0.05) is 11.9 Å². The third-order valence-electron chi connectivity index (χ3n) is 4.35. The van der Waals surface area contributed by atoms with Crippen LogP contribution in [0.15, 0.2) is 64.3 Å². The van der Waals surface area contributed by atoms with Crippen LogP contribution in [-0.2, 0) is 0 Å². The number of H-pyrrole nitrogens is 1. The number of nitrogens with zero attached hydrogens (tertiary/aromatic N) is 1. The molecule has 3 rings (SSSR count). The molecule has 0 fully saturated rings. The predicted octanol–water partition coefficient (Wildman–Crippen LogP) is 3.21. The van der Waals surface area contributed by atoms with Crippen LogP contribution < -0.4 is 16.6 Å². The first-order valence-corrected chi connectivity index (χ1v) is 8.70. The lowest BCUT2D eigenvalue weighted by Gasteiger charge is -2.10. The summed E-state index contributed by atoms with van der Waals surface area (Å²) in [6.45, 7) is 6.08. The summed E-state index contributed by atoms with van der Waals surface area (Å²) >= 11 is 0. The second-order valence-corrected chi connectivity index (χ2v) is 6.71. The zero-order valence-electron chi connectivity index (χ0n) is 15.4. The zero-order valence-corrected chi connectivity index (χ0v) is 15.4. The lowest BCUT2D eigenvalue weighted by molar-refractivity contribution is 0.102. The van der Waals surface area contributed by atoms with Gasteiger partial charge >= 0.3 is 5.69 Å². The number of hydrogen-bond acceptors (Lipinski definition) is 3. The van der Waals surface area contributed by atoms with Gasteiger partial charge in [-0.1, -0.05) is 43.7 Å². The molecule has 1 aromatic heterocycles. The molecule has 0 aliphatic carbocycles. The van der Waals surface area contributed by atoms with Crippen LogP contribution in [0.5, 0.6) is 0 Å². The SMILES string of the molecule is Cc1ccc(-n2c(=O)[nH]cc(C(=O)Nc3ccc(C(C)C)cc3)c2=O)cc1. The van der Waals surface area contributed by atoms with Crippen LogP contribution in [-0.4, -0.2) is 15.5 Å². The molecule has 2 N–H and O–H groups in total. The second-order valence-electron chi connectivity index (χ2n) is 6.71. The van der Waals surface area contributed by atoms with Crippen molar-refractivity contribution in [1.82, 2.24) is 9.55 Å². The fourth-order valence-electron chi connectivity index (χ4n) is 2.71. The van der Waals surface area contributed by atoms with Gasteiger partial charge in [0.25, 0.3) is 11.5 Å². The molecule has 0 saturated carbocycles. The van der Waals surface area contributed by atoms with Gasteiger partial charge in [-0.05, 0) is 42.7 Å². The van der Waals surface area contributed by atoms with Gasteiger partial charge in [-0.2, -0.15) is 0 Å². The van der Waals surface area contributed by atoms with Crippen molar-refractivity contribution in [3.05, 3.63) is 92.3 Å². The van der Waals surface area contributed by atoms with E-state index in [-0.39, 0.29) is 5.56 Å². The molecule has 6 nitrogen and oxygen atoms in total. The van der Waals surface area contributed by atoms with E-state index in [2.05, 4.69) is 24.1 Å². The summed E-state index contributed by atoms with van der Waals surface area (Å²) in [5.41, 5.74) is 1.74. The monoisotopic (exact) mass is 363 g/mol. The summed E-state index contributed by atoms with van der Waals surface area (Å²) in [6, 6.07) is 14.4. The van der Waals surface area contributed by atoms with Crippen LogP contribution in [0.4, 0.5) is 5.69 Å². The van der Waals surface area contributed by atoms with Crippen LogP contribution in [0, 0.1) is 6.92 Å². The number of nitrogens with one attached hydrogen (secondary N) is 2. The standard InChI is InChI=1S/C21H21N3O3/c1-13(2)15-6-8-16(9-7-15)23-19(25)18-12-22-21(27)24(20(18)26)17-10-4-14(3)5-11-17/h4-13H,1-3H3,(H,22,27)(H,23,25). The van der Waals surface area contributed by atoms with Gasteiger partial charge in [0.2, 0.25) is 0 Å². The number of rotatable bonds is 4. The number of hydrogen-bond donors (Lipinski definition) is 2. The molecule has 1 amide bonds. The molecule has 0 aliphatic heterocycles. The van der Waals surface area contributed by atoms with Crippen molar-refractivity contribution in [3.8, 4) is 5.69 Å². The van der Waals surface area contributed by atoms with Crippen LogP contribution in [0.1, 0.15) is 41.3 Å². The summed E-state index contributed by atoms with van der Waals surface area (Å²) in [7, 11) is 0. The molecule has 0 atom stereocenters. The van der Waals surface area contributed by atoms with E-state index in [0.717, 1.165) is 21.9 Å². The van der Waals surface area contributed by atoms with Crippen molar-refractivity contribution in [1.29, 1.82) is 0 Å². The number of carbonyl (C=O) groups excluding carboxylic acids is 1. The highest BCUT2D eigenvalue weighted by molar-refractivity contribution is 6.03. The fraction of sp³-hybridized carbons (Fsp3) is 0.190. The third-order valence-corrected chi connectivity index (χ3v) is 4.35. The van der Waals surface area contributed by atoms with E-state index in [4.69, 9.17) is 0 Å². The van der Waals surface area contributed by atoms with Gasteiger partial charge in [-0.25, -0.2) is 9.36 Å². The Morgan fingerprint density at radius 2 is 1.63 bits per heavy atom. The van der Waals surface area contributed by atoms with E-state index in [1.54, 1.807) is 36.4 Å². The molecule has 3 aromatic rings. The highest BCUT2D eigenvalue weighted by Gasteiger charge is 2.16. The molecule has 0 saturated heterocycles. The van der Waals surface area contributed by atoms with Crippen molar-refractivity contribution in [2.75, 3.05) is 5.32 Å². The summed E-state index contributed by atoms with van der Waals surface area (Å²) in [4.78, 5) is 39.9. The van der Waals surface area contributed by atoms with Crippen molar-refractivity contribution in [3.63, 3.8) is 0 Å². The van der Waals surface area contributed by atoms with Gasteiger partial charge in [-0.15, -0.1) is 0 Å². The first-order chi connectivity index (χ1) is 12.9. The number of anilines is 1. The van der Waals surface area contributed by atoms with Gasteiger partial charge in [0.1, 0.15) is 5.56 Å². The number of aromatic amines is 1. The van der Waals surface area contributed by atoms with Crippen LogP contribution in [0.3, 0.4) is 0 Å². The third kappa shape index (κ3) is 3.89. The minimum absolute atomic E-state index is 0.136. The van der Waals surface area contributed by atoms with Crippen molar-refractivity contribution in [2.45, 2.75) is 26.7 Å². The molecule has 0 spiro atoms. The highest BCUT2D eigenvalue weighted by atomic mass is 16.2. The van der Waals surface area contributed by atoms with Crippen LogP contribution in [0.25, 0.3) is 5.69 Å². The van der Waals surface area contributed by atoms with E-state index < -0.39 is 17.2 Å². The molecular formula is C21H21N3O3. The molecular weight excluding hydrogens is 342 g/mol. The Balaban J connectivity index is 1.94. The summed E-state index contributed by atoms with van der Waals surface area (Å²) in [6.07, 6.45) is 1.15. The van der Waals surface area contributed by atoms with Crippen LogP contribution in [0.2, 0.25) is 0 Å². The maximum Gasteiger partial charge on any atom is 0.333 e. The lowest BCUT2D eigenvalue weighted by Crippen LogP contribution is -2.38. The van der Waals surface area contributed by atoms with Crippen molar-refractivity contribution >= 4 is 11.6 Å². The largest absolute Gasteiger partial charge is 0.333 e. The molecule has 0 unspecified atom stereocenters. The van der Waals surface area contributed by atoms with E-state index in [9.17, 15) is 14.4 Å². The maximum absolute atomic E-state index is 12.7. The summed E-state index contributed by atoms with van der Waals surface area (Å²) < 4.78 is 0.955. The van der Waals surface area contributed by atoms with Gasteiger partial charge < -0.3 is 10.3 Å². The van der Waals surface area contributed by atoms with Crippen molar-refractivity contribution in [2.24, 2.45) is 0 Å². The smallest absolute Gasteiger partial charge is 0.322 e. The lowest BCUT2D eigenvalue weighted by atomic mass is 10.0. The predicted molar refractivity (Wildman–Crippen MR) is 106 cm³/mol. The first kappa shape index (κ1) is 18.4. The molecule has 6 heteroatoms. The van der Waals surface area contributed by atoms with E-state index in [0.29, 0.717) is 17.3 Å². The number of benzene rings is 2. The number of carbonyl (C=O) groups is 1. The Bertz CT molecular complexity index is 1080. The van der Waals surface area contributed by atoms with Gasteiger partial charge in [-0.3, -0.25) is 9.59 Å². The summed E-state index contributed by atoms with van der Waals surface area (Å²) in [5.74, 6) is -0.190. The van der Waals surface area contributed by atoms with Gasteiger partial charge in [0.15, 0.2) is 0 Å². The highest BCUT2D eigenvalue weighted by Crippen LogP contribution is 2.17. The fourth-order valence-corrected chi connectivity index (χ4v) is 2.71. The minimum Gasteiger partial charge on any atom is -0.322 e. The number of aromatic nitrogens is 2. The Morgan fingerprint density at radius 1 is 1.00 bits per heavy atom. The first-order valence-electron chi connectivity index (χ1n) is 8.70. The Morgan fingerprint density at radius 3 is 2.22 bits per heavy atom. The summed E-state index contributed by atoms with van der Waals surface area (Å²) in [5, 5.41) is 2.70. The second kappa shape index (κ2) is 7.45. The molecule has 2 aromatic carbocycles. The minimum atomic E-state index is -0.668. The molecule has 138 valence electrons. The van der Waals surface area contributed by atoms with E-state index in [1.165, 1.54) is 0 Å². The molecule has 27 heavy (non-hydrogen) atoms. The van der Waals surface area contributed by atoms with Crippen LogP contribution >= 0.6 is 0 Å². The average Bonchev–Trinajstić information content (AvgIpc) is 2.63. The average molecular weight is 363 g/mol. The molecule has 0 bridgehead atoms. The maximum atomic E-state index is 12.7. The Kier molecular flexibility index (Phi) is 5.07. The van der Waals surface area contributed by atoms with E-state index in [1.807, 2.05) is 19.1 Å². The van der Waals surface area contributed by atoms with E-state index >= 15 is 0 Å². The zero-order chi connectivity index (χ0) is 19.6. The Hall–Kier alpha value is -3.41.